The Kier molecular flexibility index (Phi) is 3.68. The molecule has 13 heavy (non-hydrogen) atoms. The molecule has 0 aliphatic carbocycles. The van der Waals surface area contributed by atoms with E-state index < -0.39 is 6.04 Å². The first-order valence-corrected chi connectivity index (χ1v) is 4.06. The van der Waals surface area contributed by atoms with E-state index in [9.17, 15) is 4.79 Å². The SMILES string of the molecule is COC(=O)C1COCCN1CC#N. The van der Waals surface area contributed by atoms with Gasteiger partial charge in [-0.05, 0) is 0 Å². The summed E-state index contributed by atoms with van der Waals surface area (Å²) >= 11 is 0. The van der Waals surface area contributed by atoms with E-state index >= 15 is 0 Å². The van der Waals surface area contributed by atoms with Gasteiger partial charge in [-0.2, -0.15) is 5.26 Å². The second-order valence-electron chi connectivity index (χ2n) is 2.74. The van der Waals surface area contributed by atoms with Crippen LogP contribution in [0.1, 0.15) is 0 Å². The molecule has 5 nitrogen and oxygen atoms in total. The average Bonchev–Trinajstić information content (AvgIpc) is 2.18. The summed E-state index contributed by atoms with van der Waals surface area (Å²) < 4.78 is 9.73. The van der Waals surface area contributed by atoms with E-state index in [-0.39, 0.29) is 12.5 Å². The zero-order valence-corrected chi connectivity index (χ0v) is 7.52. The molecule has 5 heteroatoms. The molecule has 0 radical (unpaired) electrons. The number of hydrogen-bond donors (Lipinski definition) is 0. The molecular weight excluding hydrogens is 172 g/mol. The summed E-state index contributed by atoms with van der Waals surface area (Å²) in [6.45, 7) is 1.72. The first-order valence-electron chi connectivity index (χ1n) is 4.06. The Morgan fingerprint density at radius 3 is 3.23 bits per heavy atom. The molecule has 1 aliphatic rings. The maximum atomic E-state index is 11.2. The van der Waals surface area contributed by atoms with Crippen molar-refractivity contribution in [3.63, 3.8) is 0 Å². The fourth-order valence-electron chi connectivity index (χ4n) is 1.27. The van der Waals surface area contributed by atoms with Gasteiger partial charge in [-0.3, -0.25) is 9.69 Å². The van der Waals surface area contributed by atoms with Crippen molar-refractivity contribution in [2.75, 3.05) is 33.4 Å². The van der Waals surface area contributed by atoms with Crippen LogP contribution in [0.4, 0.5) is 0 Å². The minimum atomic E-state index is -0.418. The van der Waals surface area contributed by atoms with Gasteiger partial charge in [0.15, 0.2) is 0 Å². The molecule has 1 saturated heterocycles. The molecular formula is C8H12N2O3. The summed E-state index contributed by atoms with van der Waals surface area (Å²) in [6, 6.07) is 1.59. The van der Waals surface area contributed by atoms with Gasteiger partial charge in [-0.25, -0.2) is 0 Å². The summed E-state index contributed by atoms with van der Waals surface area (Å²) in [7, 11) is 1.33. The molecule has 1 fully saturated rings. The largest absolute Gasteiger partial charge is 0.468 e. The third kappa shape index (κ3) is 2.41. The van der Waals surface area contributed by atoms with E-state index in [1.165, 1.54) is 7.11 Å². The van der Waals surface area contributed by atoms with Gasteiger partial charge in [0.05, 0.1) is 32.9 Å². The van der Waals surface area contributed by atoms with E-state index in [1.807, 2.05) is 6.07 Å². The Morgan fingerprint density at radius 1 is 1.85 bits per heavy atom. The number of methoxy groups -OCH3 is 1. The number of carbonyl (C=O) groups excluding carboxylic acids is 1. The van der Waals surface area contributed by atoms with Crippen LogP contribution in [-0.2, 0) is 14.3 Å². The number of hydrogen-bond acceptors (Lipinski definition) is 5. The molecule has 1 atom stereocenters. The molecule has 0 bridgehead atoms. The summed E-state index contributed by atoms with van der Waals surface area (Å²) in [5, 5.41) is 8.51. The van der Waals surface area contributed by atoms with Crippen LogP contribution in [0.25, 0.3) is 0 Å². The van der Waals surface area contributed by atoms with Crippen LogP contribution in [0.15, 0.2) is 0 Å². The predicted molar refractivity (Wildman–Crippen MR) is 43.8 cm³/mol. The number of nitrogens with zero attached hydrogens (tertiary/aromatic N) is 2. The van der Waals surface area contributed by atoms with E-state index in [1.54, 1.807) is 4.90 Å². The molecule has 1 unspecified atom stereocenters. The van der Waals surface area contributed by atoms with Crippen molar-refractivity contribution in [1.29, 1.82) is 5.26 Å². The van der Waals surface area contributed by atoms with Crippen molar-refractivity contribution < 1.29 is 14.3 Å². The number of morpholine rings is 1. The van der Waals surface area contributed by atoms with Gasteiger partial charge in [-0.15, -0.1) is 0 Å². The van der Waals surface area contributed by atoms with E-state index in [2.05, 4.69) is 4.74 Å². The lowest BCUT2D eigenvalue weighted by atomic mass is 10.2. The normalized spacial score (nSPS) is 23.5. The molecule has 0 spiro atoms. The zero-order chi connectivity index (χ0) is 9.68. The molecule has 0 N–H and O–H groups in total. The van der Waals surface area contributed by atoms with Gasteiger partial charge in [0.25, 0.3) is 0 Å². The third-order valence-corrected chi connectivity index (χ3v) is 1.99. The quantitative estimate of drug-likeness (QED) is 0.423. The lowest BCUT2D eigenvalue weighted by Crippen LogP contribution is -2.50. The molecule has 0 aromatic carbocycles. The maximum absolute atomic E-state index is 11.2. The van der Waals surface area contributed by atoms with Gasteiger partial charge < -0.3 is 9.47 Å². The minimum Gasteiger partial charge on any atom is -0.468 e. The smallest absolute Gasteiger partial charge is 0.325 e. The Labute approximate surface area is 76.8 Å². The van der Waals surface area contributed by atoms with Crippen LogP contribution in [-0.4, -0.2) is 50.3 Å². The van der Waals surface area contributed by atoms with Gasteiger partial charge in [-0.1, -0.05) is 0 Å². The van der Waals surface area contributed by atoms with Crippen LogP contribution in [0.5, 0.6) is 0 Å². The van der Waals surface area contributed by atoms with Crippen molar-refractivity contribution in [2.24, 2.45) is 0 Å². The van der Waals surface area contributed by atoms with Crippen LogP contribution >= 0.6 is 0 Å². The second-order valence-corrected chi connectivity index (χ2v) is 2.74. The van der Waals surface area contributed by atoms with E-state index in [0.717, 1.165) is 0 Å². The molecule has 1 heterocycles. The highest BCUT2D eigenvalue weighted by atomic mass is 16.5. The minimum absolute atomic E-state index is 0.239. The van der Waals surface area contributed by atoms with Crippen LogP contribution in [0, 0.1) is 11.3 Å². The molecule has 0 aromatic rings. The molecule has 72 valence electrons. The lowest BCUT2D eigenvalue weighted by molar-refractivity contribution is -0.152. The number of esters is 1. The number of rotatable bonds is 2. The van der Waals surface area contributed by atoms with Crippen molar-refractivity contribution >= 4 is 5.97 Å². The van der Waals surface area contributed by atoms with Gasteiger partial charge in [0.2, 0.25) is 0 Å². The first-order chi connectivity index (χ1) is 6.29. The number of carbonyl (C=O) groups is 1. The second kappa shape index (κ2) is 4.80. The molecule has 1 aliphatic heterocycles. The Balaban J connectivity index is 2.57. The van der Waals surface area contributed by atoms with Crippen molar-refractivity contribution in [3.05, 3.63) is 0 Å². The molecule has 0 aromatic heterocycles. The van der Waals surface area contributed by atoms with Crippen molar-refractivity contribution in [1.82, 2.24) is 4.90 Å². The first kappa shape index (κ1) is 9.96. The van der Waals surface area contributed by atoms with Gasteiger partial charge >= 0.3 is 5.97 Å². The molecule has 0 amide bonds. The van der Waals surface area contributed by atoms with E-state index in [0.29, 0.717) is 19.8 Å². The monoisotopic (exact) mass is 184 g/mol. The fourth-order valence-corrected chi connectivity index (χ4v) is 1.27. The summed E-state index contributed by atoms with van der Waals surface area (Å²) in [4.78, 5) is 13.0. The summed E-state index contributed by atoms with van der Waals surface area (Å²) in [5.41, 5.74) is 0. The standard InChI is InChI=1S/C8H12N2O3/c1-12-8(11)7-6-13-5-4-10(7)3-2-9/h7H,3-6H2,1H3. The molecule has 1 rings (SSSR count). The summed E-state index contributed by atoms with van der Waals surface area (Å²) in [6.07, 6.45) is 0. The van der Waals surface area contributed by atoms with Crippen LogP contribution in [0.3, 0.4) is 0 Å². The zero-order valence-electron chi connectivity index (χ0n) is 7.52. The van der Waals surface area contributed by atoms with E-state index in [4.69, 9.17) is 10.00 Å². The van der Waals surface area contributed by atoms with Crippen LogP contribution in [0.2, 0.25) is 0 Å². The Hall–Kier alpha value is -1.12. The fraction of sp³-hybridized carbons (Fsp3) is 0.750. The summed E-state index contributed by atoms with van der Waals surface area (Å²) in [5.74, 6) is -0.338. The lowest BCUT2D eigenvalue weighted by Gasteiger charge is -2.31. The van der Waals surface area contributed by atoms with Gasteiger partial charge in [0, 0.05) is 6.54 Å². The molecule has 0 saturated carbocycles. The van der Waals surface area contributed by atoms with Crippen LogP contribution < -0.4 is 0 Å². The Bertz CT molecular complexity index is 224. The highest BCUT2D eigenvalue weighted by molar-refractivity contribution is 5.75. The van der Waals surface area contributed by atoms with Crippen molar-refractivity contribution in [2.45, 2.75) is 6.04 Å². The van der Waals surface area contributed by atoms with Gasteiger partial charge in [0.1, 0.15) is 6.04 Å². The Morgan fingerprint density at radius 2 is 2.62 bits per heavy atom. The highest BCUT2D eigenvalue weighted by Crippen LogP contribution is 2.07. The maximum Gasteiger partial charge on any atom is 0.325 e. The van der Waals surface area contributed by atoms with Crippen molar-refractivity contribution in [3.8, 4) is 6.07 Å². The predicted octanol–water partition coefficient (Wildman–Crippen LogP) is -0.616. The topological polar surface area (TPSA) is 62.6 Å². The number of ether oxygens (including phenoxy) is 2. The average molecular weight is 184 g/mol. The number of nitriles is 1. The third-order valence-electron chi connectivity index (χ3n) is 1.99. The highest BCUT2D eigenvalue weighted by Gasteiger charge is 2.29.